The summed E-state index contributed by atoms with van der Waals surface area (Å²) in [5.41, 5.74) is 0.596. The summed E-state index contributed by atoms with van der Waals surface area (Å²) in [4.78, 5) is 0.108. The topological polar surface area (TPSA) is 63.6 Å². The SMILES string of the molecule is CC(O)c1ccc(S(=O)(=O)C2COC2)c(Cl)c1. The van der Waals surface area contributed by atoms with Gasteiger partial charge in [0.2, 0.25) is 0 Å². The molecule has 1 saturated heterocycles. The largest absolute Gasteiger partial charge is 0.389 e. The molecule has 0 bridgehead atoms. The van der Waals surface area contributed by atoms with Crippen LogP contribution < -0.4 is 0 Å². The van der Waals surface area contributed by atoms with Crippen molar-refractivity contribution in [2.75, 3.05) is 13.2 Å². The molecule has 1 unspecified atom stereocenters. The molecule has 1 fully saturated rings. The molecular weight excluding hydrogens is 264 g/mol. The fourth-order valence-corrected chi connectivity index (χ4v) is 3.59. The maximum absolute atomic E-state index is 12.1. The van der Waals surface area contributed by atoms with E-state index < -0.39 is 21.2 Å². The average Bonchev–Trinajstić information content (AvgIpc) is 2.13. The number of rotatable bonds is 3. The Morgan fingerprint density at radius 2 is 2.12 bits per heavy atom. The van der Waals surface area contributed by atoms with Crippen molar-refractivity contribution in [1.82, 2.24) is 0 Å². The van der Waals surface area contributed by atoms with Crippen LogP contribution in [0.3, 0.4) is 0 Å². The Balaban J connectivity index is 2.39. The molecule has 1 N–H and O–H groups in total. The van der Waals surface area contributed by atoms with Gasteiger partial charge in [0.25, 0.3) is 0 Å². The van der Waals surface area contributed by atoms with Gasteiger partial charge in [-0.25, -0.2) is 8.42 Å². The third-order valence-electron chi connectivity index (χ3n) is 2.79. The van der Waals surface area contributed by atoms with E-state index in [0.717, 1.165) is 0 Å². The number of ether oxygens (including phenoxy) is 1. The molecule has 0 aromatic heterocycles. The van der Waals surface area contributed by atoms with Gasteiger partial charge in [0.05, 0.1) is 29.2 Å². The van der Waals surface area contributed by atoms with Gasteiger partial charge in [-0.3, -0.25) is 0 Å². The lowest BCUT2D eigenvalue weighted by atomic mass is 10.1. The summed E-state index contributed by atoms with van der Waals surface area (Å²) < 4.78 is 29.1. The number of halogens is 1. The molecular formula is C11H13ClO4S. The van der Waals surface area contributed by atoms with Crippen molar-refractivity contribution >= 4 is 21.4 Å². The van der Waals surface area contributed by atoms with E-state index in [1.807, 2.05) is 0 Å². The van der Waals surface area contributed by atoms with Gasteiger partial charge >= 0.3 is 0 Å². The second-order valence-electron chi connectivity index (χ2n) is 4.07. The molecule has 0 amide bonds. The molecule has 1 aromatic rings. The molecule has 0 saturated carbocycles. The van der Waals surface area contributed by atoms with Crippen molar-refractivity contribution in [3.63, 3.8) is 0 Å². The molecule has 17 heavy (non-hydrogen) atoms. The fraction of sp³-hybridized carbons (Fsp3) is 0.455. The summed E-state index contributed by atoms with van der Waals surface area (Å²) in [6, 6.07) is 4.50. The second kappa shape index (κ2) is 4.57. The third kappa shape index (κ3) is 2.33. The van der Waals surface area contributed by atoms with Crippen LogP contribution in [0.2, 0.25) is 5.02 Å². The van der Waals surface area contributed by atoms with Crippen LogP contribution in [0.1, 0.15) is 18.6 Å². The monoisotopic (exact) mass is 276 g/mol. The zero-order valence-electron chi connectivity index (χ0n) is 9.26. The standard InChI is InChI=1S/C11H13ClO4S/c1-7(13)8-2-3-11(10(12)4-8)17(14,15)9-5-16-6-9/h2-4,7,9,13H,5-6H2,1H3. The number of sulfone groups is 1. The Morgan fingerprint density at radius 1 is 1.47 bits per heavy atom. The number of hydrogen-bond donors (Lipinski definition) is 1. The average molecular weight is 277 g/mol. The van der Waals surface area contributed by atoms with Crippen molar-refractivity contribution in [3.05, 3.63) is 28.8 Å². The van der Waals surface area contributed by atoms with Gasteiger partial charge in [-0.15, -0.1) is 0 Å². The summed E-state index contributed by atoms with van der Waals surface area (Å²) in [7, 11) is -3.41. The highest BCUT2D eigenvalue weighted by atomic mass is 35.5. The van der Waals surface area contributed by atoms with Crippen LogP contribution >= 0.6 is 11.6 Å². The van der Waals surface area contributed by atoms with Gasteiger partial charge in [-0.05, 0) is 24.6 Å². The van der Waals surface area contributed by atoms with Gasteiger partial charge in [0.1, 0.15) is 5.25 Å². The van der Waals surface area contributed by atoms with E-state index in [-0.39, 0.29) is 23.1 Å². The molecule has 6 heteroatoms. The fourth-order valence-electron chi connectivity index (χ4n) is 1.58. The van der Waals surface area contributed by atoms with Crippen LogP contribution in [0.4, 0.5) is 0 Å². The summed E-state index contributed by atoms with van der Waals surface area (Å²) in [6.07, 6.45) is -0.670. The van der Waals surface area contributed by atoms with Crippen LogP contribution in [0.5, 0.6) is 0 Å². The molecule has 1 atom stereocenters. The van der Waals surface area contributed by atoms with Crippen LogP contribution in [0.15, 0.2) is 23.1 Å². The maximum Gasteiger partial charge on any atom is 0.187 e. The first kappa shape index (κ1) is 12.8. The first-order valence-electron chi connectivity index (χ1n) is 5.22. The van der Waals surface area contributed by atoms with Crippen molar-refractivity contribution < 1.29 is 18.3 Å². The Kier molecular flexibility index (Phi) is 3.45. The van der Waals surface area contributed by atoms with Gasteiger partial charge in [-0.1, -0.05) is 17.7 Å². The number of hydrogen-bond acceptors (Lipinski definition) is 4. The summed E-state index contributed by atoms with van der Waals surface area (Å²) in [6.45, 7) is 2.03. The first-order valence-corrected chi connectivity index (χ1v) is 7.14. The molecule has 2 rings (SSSR count). The molecule has 0 spiro atoms. The molecule has 1 aliphatic heterocycles. The minimum absolute atomic E-state index is 0.108. The van der Waals surface area contributed by atoms with Gasteiger partial charge < -0.3 is 9.84 Å². The van der Waals surface area contributed by atoms with Gasteiger partial charge in [0.15, 0.2) is 9.84 Å². The molecule has 0 aliphatic carbocycles. The first-order chi connectivity index (χ1) is 7.93. The normalized spacial score (nSPS) is 18.8. The number of aliphatic hydroxyl groups excluding tert-OH is 1. The molecule has 4 nitrogen and oxygen atoms in total. The quantitative estimate of drug-likeness (QED) is 0.910. The molecule has 1 aliphatic rings. The lowest BCUT2D eigenvalue weighted by molar-refractivity contribution is 0.0416. The van der Waals surface area contributed by atoms with Crippen molar-refractivity contribution in [2.45, 2.75) is 23.2 Å². The Hall–Kier alpha value is -0.620. The highest BCUT2D eigenvalue weighted by Gasteiger charge is 2.35. The van der Waals surface area contributed by atoms with Crippen molar-refractivity contribution in [2.24, 2.45) is 0 Å². The smallest absolute Gasteiger partial charge is 0.187 e. The minimum atomic E-state index is -3.41. The highest BCUT2D eigenvalue weighted by Crippen LogP contribution is 2.30. The summed E-state index contributed by atoms with van der Waals surface area (Å²) in [5.74, 6) is 0. The maximum atomic E-state index is 12.1. The lowest BCUT2D eigenvalue weighted by Crippen LogP contribution is -2.40. The van der Waals surface area contributed by atoms with Crippen LogP contribution in [-0.2, 0) is 14.6 Å². The molecule has 94 valence electrons. The Labute approximate surface area is 105 Å². The molecule has 1 heterocycles. The minimum Gasteiger partial charge on any atom is -0.389 e. The number of aliphatic hydroxyl groups is 1. The zero-order chi connectivity index (χ0) is 12.6. The van der Waals surface area contributed by atoms with Gasteiger partial charge in [-0.2, -0.15) is 0 Å². The van der Waals surface area contributed by atoms with Crippen LogP contribution in [-0.4, -0.2) is 32.0 Å². The van der Waals surface area contributed by atoms with Crippen LogP contribution in [0.25, 0.3) is 0 Å². The van der Waals surface area contributed by atoms with E-state index in [0.29, 0.717) is 5.56 Å². The molecule has 0 radical (unpaired) electrons. The van der Waals surface area contributed by atoms with E-state index in [4.69, 9.17) is 16.3 Å². The van der Waals surface area contributed by atoms with Crippen LogP contribution in [0, 0.1) is 0 Å². The van der Waals surface area contributed by atoms with Gasteiger partial charge in [0, 0.05) is 0 Å². The molecule has 1 aromatic carbocycles. The van der Waals surface area contributed by atoms with Crippen molar-refractivity contribution in [1.29, 1.82) is 0 Å². The Morgan fingerprint density at radius 3 is 2.53 bits per heavy atom. The van der Waals surface area contributed by atoms with Crippen molar-refractivity contribution in [3.8, 4) is 0 Å². The second-order valence-corrected chi connectivity index (χ2v) is 6.67. The third-order valence-corrected chi connectivity index (χ3v) is 5.33. The zero-order valence-corrected chi connectivity index (χ0v) is 10.8. The Bertz CT molecular complexity index is 520. The highest BCUT2D eigenvalue weighted by molar-refractivity contribution is 7.92. The van der Waals surface area contributed by atoms with E-state index in [9.17, 15) is 13.5 Å². The summed E-state index contributed by atoms with van der Waals surface area (Å²) in [5, 5.41) is 9.03. The van der Waals surface area contributed by atoms with E-state index in [1.54, 1.807) is 13.0 Å². The van der Waals surface area contributed by atoms with E-state index >= 15 is 0 Å². The number of benzene rings is 1. The van der Waals surface area contributed by atoms with E-state index in [2.05, 4.69) is 0 Å². The predicted octanol–water partition coefficient (Wildman–Crippen LogP) is 1.57. The van der Waals surface area contributed by atoms with E-state index in [1.165, 1.54) is 12.1 Å². The predicted molar refractivity (Wildman–Crippen MR) is 63.9 cm³/mol. The summed E-state index contributed by atoms with van der Waals surface area (Å²) >= 11 is 5.95. The lowest BCUT2D eigenvalue weighted by Gasteiger charge is -2.26.